The van der Waals surface area contributed by atoms with E-state index in [1.807, 2.05) is 13.8 Å². The van der Waals surface area contributed by atoms with Crippen LogP contribution in [0.3, 0.4) is 0 Å². The third kappa shape index (κ3) is 2.17. The normalized spacial score (nSPS) is 9.81. The van der Waals surface area contributed by atoms with E-state index < -0.39 is 0 Å². The molecule has 2 rings (SSSR count). The number of nitrogens with zero attached hydrogens (tertiary/aromatic N) is 3. The van der Waals surface area contributed by atoms with E-state index in [1.165, 1.54) is 0 Å². The SMILES string of the molecule is Cc1cc(C#N)cc(Oc2cc(C)[nH]n2)n1. The van der Waals surface area contributed by atoms with Gasteiger partial charge < -0.3 is 4.74 Å². The van der Waals surface area contributed by atoms with Gasteiger partial charge >= 0.3 is 0 Å². The van der Waals surface area contributed by atoms with Gasteiger partial charge in [-0.2, -0.15) is 5.26 Å². The molecule has 80 valence electrons. The largest absolute Gasteiger partial charge is 0.419 e. The van der Waals surface area contributed by atoms with Gasteiger partial charge in [-0.3, -0.25) is 5.10 Å². The number of hydrogen-bond donors (Lipinski definition) is 1. The van der Waals surface area contributed by atoms with Crippen molar-refractivity contribution in [3.63, 3.8) is 0 Å². The van der Waals surface area contributed by atoms with Gasteiger partial charge in [0.1, 0.15) is 0 Å². The van der Waals surface area contributed by atoms with Crippen LogP contribution in [0.4, 0.5) is 0 Å². The van der Waals surface area contributed by atoms with Gasteiger partial charge in [0.2, 0.25) is 11.8 Å². The summed E-state index contributed by atoms with van der Waals surface area (Å²) in [5.41, 5.74) is 2.17. The number of rotatable bonds is 2. The number of H-pyrrole nitrogens is 1. The molecule has 0 aliphatic rings. The molecule has 1 N–H and O–H groups in total. The van der Waals surface area contributed by atoms with E-state index in [-0.39, 0.29) is 0 Å². The van der Waals surface area contributed by atoms with Gasteiger partial charge in [0.05, 0.1) is 11.6 Å². The molecule has 2 heterocycles. The van der Waals surface area contributed by atoms with Crippen LogP contribution in [0.2, 0.25) is 0 Å². The molecule has 0 aromatic carbocycles. The zero-order valence-electron chi connectivity index (χ0n) is 8.98. The van der Waals surface area contributed by atoms with Gasteiger partial charge in [0.15, 0.2) is 0 Å². The van der Waals surface area contributed by atoms with Gasteiger partial charge in [-0.25, -0.2) is 4.98 Å². The minimum atomic E-state index is 0.378. The molecule has 0 saturated heterocycles. The van der Waals surface area contributed by atoms with E-state index in [9.17, 15) is 0 Å². The second-order valence-electron chi connectivity index (χ2n) is 3.44. The van der Waals surface area contributed by atoms with Crippen molar-refractivity contribution in [3.8, 4) is 17.8 Å². The zero-order valence-corrected chi connectivity index (χ0v) is 8.98. The highest BCUT2D eigenvalue weighted by atomic mass is 16.5. The van der Waals surface area contributed by atoms with Crippen molar-refractivity contribution in [1.29, 1.82) is 5.26 Å². The van der Waals surface area contributed by atoms with Gasteiger partial charge in [0, 0.05) is 23.5 Å². The topological polar surface area (TPSA) is 74.6 Å². The van der Waals surface area contributed by atoms with Crippen LogP contribution in [-0.2, 0) is 0 Å². The number of nitrogens with one attached hydrogen (secondary N) is 1. The molecule has 2 aromatic rings. The van der Waals surface area contributed by atoms with E-state index in [4.69, 9.17) is 10.00 Å². The Kier molecular flexibility index (Phi) is 2.56. The van der Waals surface area contributed by atoms with Crippen molar-refractivity contribution in [2.45, 2.75) is 13.8 Å². The van der Waals surface area contributed by atoms with Gasteiger partial charge in [-0.05, 0) is 19.9 Å². The molecule has 5 heteroatoms. The van der Waals surface area contributed by atoms with Crippen molar-refractivity contribution in [1.82, 2.24) is 15.2 Å². The van der Waals surface area contributed by atoms with Crippen LogP contribution < -0.4 is 4.74 Å². The number of aryl methyl sites for hydroxylation is 2. The predicted molar refractivity (Wildman–Crippen MR) is 57.1 cm³/mol. The maximum absolute atomic E-state index is 8.80. The second-order valence-corrected chi connectivity index (χ2v) is 3.44. The quantitative estimate of drug-likeness (QED) is 0.830. The average Bonchev–Trinajstić information content (AvgIpc) is 2.63. The number of ether oxygens (including phenoxy) is 1. The Hall–Kier alpha value is -2.35. The third-order valence-electron chi connectivity index (χ3n) is 1.95. The standard InChI is InChI=1S/C11H10N4O/c1-7-3-9(6-12)5-10(13-7)16-11-4-8(2)14-15-11/h3-5H,1-2H3,(H,14,15). The Labute approximate surface area is 92.7 Å². The minimum Gasteiger partial charge on any atom is -0.419 e. The first-order valence-electron chi connectivity index (χ1n) is 4.76. The lowest BCUT2D eigenvalue weighted by Crippen LogP contribution is -1.91. The second kappa shape index (κ2) is 4.03. The number of pyridine rings is 1. The van der Waals surface area contributed by atoms with Crippen LogP contribution in [-0.4, -0.2) is 15.2 Å². The molecule has 0 atom stereocenters. The Balaban J connectivity index is 2.28. The third-order valence-corrected chi connectivity index (χ3v) is 1.95. The molecular formula is C11H10N4O. The van der Waals surface area contributed by atoms with Crippen LogP contribution in [0.5, 0.6) is 11.8 Å². The number of aromatic nitrogens is 3. The maximum atomic E-state index is 8.80. The summed E-state index contributed by atoms with van der Waals surface area (Å²) in [7, 11) is 0. The van der Waals surface area contributed by atoms with Crippen molar-refractivity contribution >= 4 is 0 Å². The number of hydrogen-bond acceptors (Lipinski definition) is 4. The van der Waals surface area contributed by atoms with Crippen molar-refractivity contribution in [2.24, 2.45) is 0 Å². The van der Waals surface area contributed by atoms with Crippen molar-refractivity contribution in [2.75, 3.05) is 0 Å². The van der Waals surface area contributed by atoms with E-state index in [0.717, 1.165) is 11.4 Å². The minimum absolute atomic E-state index is 0.378. The van der Waals surface area contributed by atoms with Crippen LogP contribution in [0.15, 0.2) is 18.2 Å². The molecule has 0 spiro atoms. The summed E-state index contributed by atoms with van der Waals surface area (Å²) in [5, 5.41) is 15.5. The first-order valence-corrected chi connectivity index (χ1v) is 4.76. The number of nitriles is 1. The molecule has 0 radical (unpaired) electrons. The summed E-state index contributed by atoms with van der Waals surface area (Å²) in [4.78, 5) is 4.16. The Morgan fingerprint density at radius 2 is 2.06 bits per heavy atom. The molecule has 16 heavy (non-hydrogen) atoms. The lowest BCUT2D eigenvalue weighted by atomic mass is 10.2. The van der Waals surface area contributed by atoms with E-state index in [0.29, 0.717) is 17.3 Å². The molecule has 0 saturated carbocycles. The summed E-state index contributed by atoms with van der Waals surface area (Å²) in [6, 6.07) is 7.09. The average molecular weight is 214 g/mol. The highest BCUT2D eigenvalue weighted by Crippen LogP contribution is 2.19. The lowest BCUT2D eigenvalue weighted by Gasteiger charge is -2.02. The van der Waals surface area contributed by atoms with Crippen LogP contribution in [0.1, 0.15) is 17.0 Å². The van der Waals surface area contributed by atoms with Gasteiger partial charge in [0.25, 0.3) is 0 Å². The van der Waals surface area contributed by atoms with Gasteiger partial charge in [-0.1, -0.05) is 0 Å². The molecule has 0 aliphatic heterocycles. The van der Waals surface area contributed by atoms with Gasteiger partial charge in [-0.15, -0.1) is 5.10 Å². The first-order chi connectivity index (χ1) is 7.67. The fourth-order valence-corrected chi connectivity index (χ4v) is 1.31. The highest BCUT2D eigenvalue weighted by molar-refractivity contribution is 5.35. The predicted octanol–water partition coefficient (Wildman–Crippen LogP) is 2.09. The molecule has 2 aromatic heterocycles. The van der Waals surface area contributed by atoms with Crippen LogP contribution in [0.25, 0.3) is 0 Å². The molecule has 0 aliphatic carbocycles. The molecule has 0 bridgehead atoms. The summed E-state index contributed by atoms with van der Waals surface area (Å²) in [6.45, 7) is 3.69. The zero-order chi connectivity index (χ0) is 11.5. The smallest absolute Gasteiger partial charge is 0.240 e. The van der Waals surface area contributed by atoms with Crippen molar-refractivity contribution in [3.05, 3.63) is 35.2 Å². The van der Waals surface area contributed by atoms with Crippen molar-refractivity contribution < 1.29 is 4.74 Å². The molecule has 0 amide bonds. The fraction of sp³-hybridized carbons (Fsp3) is 0.182. The van der Waals surface area contributed by atoms with E-state index in [2.05, 4.69) is 21.3 Å². The number of aromatic amines is 1. The molecule has 5 nitrogen and oxygen atoms in total. The molecule has 0 fully saturated rings. The lowest BCUT2D eigenvalue weighted by molar-refractivity contribution is 0.442. The summed E-state index contributed by atoms with van der Waals surface area (Å²) < 4.78 is 5.42. The summed E-state index contributed by atoms with van der Waals surface area (Å²) >= 11 is 0. The first kappa shape index (κ1) is 10.2. The molecule has 0 unspecified atom stereocenters. The monoisotopic (exact) mass is 214 g/mol. The Bertz CT molecular complexity index is 553. The summed E-state index contributed by atoms with van der Waals surface area (Å²) in [6.07, 6.45) is 0. The Morgan fingerprint density at radius 3 is 2.69 bits per heavy atom. The Morgan fingerprint density at radius 1 is 1.25 bits per heavy atom. The fourth-order valence-electron chi connectivity index (χ4n) is 1.31. The van der Waals surface area contributed by atoms with Crippen LogP contribution in [0, 0.1) is 25.2 Å². The van der Waals surface area contributed by atoms with Crippen LogP contribution >= 0.6 is 0 Å². The highest BCUT2D eigenvalue weighted by Gasteiger charge is 2.04. The van der Waals surface area contributed by atoms with E-state index in [1.54, 1.807) is 18.2 Å². The summed E-state index contributed by atoms with van der Waals surface area (Å²) in [5.74, 6) is 0.822. The van der Waals surface area contributed by atoms with E-state index >= 15 is 0 Å². The maximum Gasteiger partial charge on any atom is 0.240 e. The molecular weight excluding hydrogens is 204 g/mol.